The molecule has 1 aromatic carbocycles. The Labute approximate surface area is 135 Å². The number of carbonyl (C=O) groups excluding carboxylic acids is 1. The fraction of sp³-hybridized carbons (Fsp3) is 0.529. The lowest BCUT2D eigenvalue weighted by atomic mass is 9.86. The lowest BCUT2D eigenvalue weighted by molar-refractivity contribution is -0.121. The number of amides is 1. The summed E-state index contributed by atoms with van der Waals surface area (Å²) in [5.41, 5.74) is 1.96. The summed E-state index contributed by atoms with van der Waals surface area (Å²) in [7, 11) is 0. The molecule has 0 bridgehead atoms. The van der Waals surface area contributed by atoms with E-state index in [1.807, 2.05) is 31.2 Å². The Morgan fingerprint density at radius 3 is 2.91 bits per heavy atom. The predicted molar refractivity (Wildman–Crippen MR) is 91.0 cm³/mol. The molecule has 1 amide bonds. The number of benzene rings is 1. The van der Waals surface area contributed by atoms with Crippen LogP contribution in [-0.4, -0.2) is 27.2 Å². The van der Waals surface area contributed by atoms with Crippen LogP contribution in [0.5, 0.6) is 0 Å². The summed E-state index contributed by atoms with van der Waals surface area (Å²) in [6, 6.07) is 8.26. The van der Waals surface area contributed by atoms with Crippen molar-refractivity contribution in [3.63, 3.8) is 0 Å². The maximum Gasteiger partial charge on any atom is 0.233 e. The molecule has 2 aromatic rings. The average molecular weight is 317 g/mol. The number of para-hydroxylation sites is 2. The maximum absolute atomic E-state index is 12.4. The molecule has 0 spiro atoms. The van der Waals surface area contributed by atoms with Crippen molar-refractivity contribution in [1.82, 2.24) is 15.3 Å². The van der Waals surface area contributed by atoms with Crippen LogP contribution < -0.4 is 5.32 Å². The molecule has 1 aromatic heterocycles. The van der Waals surface area contributed by atoms with Gasteiger partial charge in [0.05, 0.1) is 16.3 Å². The van der Waals surface area contributed by atoms with Crippen molar-refractivity contribution in [2.45, 2.75) is 56.0 Å². The van der Waals surface area contributed by atoms with E-state index in [1.165, 1.54) is 31.0 Å². The lowest BCUT2D eigenvalue weighted by Crippen LogP contribution is -2.44. The highest BCUT2D eigenvalue weighted by Crippen LogP contribution is 2.26. The summed E-state index contributed by atoms with van der Waals surface area (Å²) in [6.45, 7) is 4.18. The first kappa shape index (κ1) is 15.4. The van der Waals surface area contributed by atoms with Gasteiger partial charge in [0.2, 0.25) is 5.91 Å². The Morgan fingerprint density at radius 2 is 2.14 bits per heavy atom. The first-order valence-electron chi connectivity index (χ1n) is 8.05. The van der Waals surface area contributed by atoms with E-state index in [1.54, 1.807) is 0 Å². The minimum atomic E-state index is -0.144. The number of carbonyl (C=O) groups is 1. The third kappa shape index (κ3) is 3.46. The van der Waals surface area contributed by atoms with Crippen molar-refractivity contribution in [2.75, 3.05) is 0 Å². The molecular weight excluding hydrogens is 294 g/mol. The third-order valence-electron chi connectivity index (χ3n) is 4.46. The summed E-state index contributed by atoms with van der Waals surface area (Å²) >= 11 is 1.49. The van der Waals surface area contributed by atoms with Crippen LogP contribution in [0, 0.1) is 5.92 Å². The topological polar surface area (TPSA) is 57.8 Å². The highest BCUT2D eigenvalue weighted by molar-refractivity contribution is 8.00. The standard InChI is InChI=1S/C17H23N3OS/c1-11-7-3-4-8-13(11)18-16(21)12(2)22-17-19-14-9-5-6-10-15(14)20-17/h5-6,9-13H,3-4,7-8H2,1-2H3,(H,18,21)(H,19,20)/t11-,12-,13-/m0/s1. The number of nitrogens with zero attached hydrogens (tertiary/aromatic N) is 1. The van der Waals surface area contributed by atoms with Gasteiger partial charge >= 0.3 is 0 Å². The van der Waals surface area contributed by atoms with Crippen molar-refractivity contribution in [1.29, 1.82) is 0 Å². The van der Waals surface area contributed by atoms with Crippen molar-refractivity contribution in [2.24, 2.45) is 5.92 Å². The van der Waals surface area contributed by atoms with E-state index in [9.17, 15) is 4.79 Å². The van der Waals surface area contributed by atoms with Gasteiger partial charge in [-0.15, -0.1) is 0 Å². The van der Waals surface area contributed by atoms with Crippen molar-refractivity contribution < 1.29 is 4.79 Å². The number of hydrogen-bond acceptors (Lipinski definition) is 3. The molecule has 1 saturated carbocycles. The zero-order valence-electron chi connectivity index (χ0n) is 13.1. The van der Waals surface area contributed by atoms with Crippen LogP contribution in [0.4, 0.5) is 0 Å². The highest BCUT2D eigenvalue weighted by Gasteiger charge is 2.25. The number of thioether (sulfide) groups is 1. The van der Waals surface area contributed by atoms with Crippen LogP contribution >= 0.6 is 11.8 Å². The van der Waals surface area contributed by atoms with E-state index < -0.39 is 0 Å². The lowest BCUT2D eigenvalue weighted by Gasteiger charge is -2.30. The summed E-state index contributed by atoms with van der Waals surface area (Å²) < 4.78 is 0. The molecule has 118 valence electrons. The Hall–Kier alpha value is -1.49. The Kier molecular flexibility index (Phi) is 4.71. The van der Waals surface area contributed by atoms with Crippen LogP contribution in [0.2, 0.25) is 0 Å². The number of fused-ring (bicyclic) bond motifs is 1. The minimum Gasteiger partial charge on any atom is -0.352 e. The molecule has 2 N–H and O–H groups in total. The minimum absolute atomic E-state index is 0.115. The number of aromatic amines is 1. The van der Waals surface area contributed by atoms with Gasteiger partial charge < -0.3 is 10.3 Å². The van der Waals surface area contributed by atoms with E-state index in [-0.39, 0.29) is 11.2 Å². The molecule has 3 atom stereocenters. The first-order chi connectivity index (χ1) is 10.6. The first-order valence-corrected chi connectivity index (χ1v) is 8.93. The quantitative estimate of drug-likeness (QED) is 0.845. The molecule has 0 aliphatic heterocycles. The maximum atomic E-state index is 12.4. The summed E-state index contributed by atoms with van der Waals surface area (Å²) in [4.78, 5) is 20.2. The highest BCUT2D eigenvalue weighted by atomic mass is 32.2. The molecule has 0 saturated heterocycles. The molecule has 0 unspecified atom stereocenters. The van der Waals surface area contributed by atoms with Gasteiger partial charge in [-0.25, -0.2) is 4.98 Å². The van der Waals surface area contributed by atoms with Crippen LogP contribution in [0.25, 0.3) is 11.0 Å². The second-order valence-electron chi connectivity index (χ2n) is 6.20. The molecule has 4 nitrogen and oxygen atoms in total. The number of aromatic nitrogens is 2. The second kappa shape index (κ2) is 6.73. The van der Waals surface area contributed by atoms with Crippen LogP contribution in [-0.2, 0) is 4.79 Å². The molecule has 1 fully saturated rings. The number of rotatable bonds is 4. The number of nitrogens with one attached hydrogen (secondary N) is 2. The van der Waals surface area contributed by atoms with E-state index in [0.29, 0.717) is 12.0 Å². The average Bonchev–Trinajstić information content (AvgIpc) is 2.91. The molecule has 3 rings (SSSR count). The fourth-order valence-electron chi connectivity index (χ4n) is 3.04. The van der Waals surface area contributed by atoms with Gasteiger partial charge in [-0.05, 0) is 37.8 Å². The Balaban J connectivity index is 1.60. The number of imidazole rings is 1. The van der Waals surface area contributed by atoms with E-state index in [4.69, 9.17) is 0 Å². The van der Waals surface area contributed by atoms with Crippen LogP contribution in [0.15, 0.2) is 29.4 Å². The Bertz CT molecular complexity index is 621. The smallest absolute Gasteiger partial charge is 0.233 e. The van der Waals surface area contributed by atoms with Crippen molar-refractivity contribution in [3.05, 3.63) is 24.3 Å². The van der Waals surface area contributed by atoms with Gasteiger partial charge in [0.1, 0.15) is 0 Å². The zero-order chi connectivity index (χ0) is 15.5. The van der Waals surface area contributed by atoms with Gasteiger partial charge in [-0.2, -0.15) is 0 Å². The Morgan fingerprint density at radius 1 is 1.36 bits per heavy atom. The largest absolute Gasteiger partial charge is 0.352 e. The molecule has 5 heteroatoms. The molecule has 22 heavy (non-hydrogen) atoms. The number of H-pyrrole nitrogens is 1. The summed E-state index contributed by atoms with van der Waals surface area (Å²) in [5, 5.41) is 3.88. The van der Waals surface area contributed by atoms with Crippen molar-refractivity contribution >= 4 is 28.7 Å². The van der Waals surface area contributed by atoms with Gasteiger partial charge in [0, 0.05) is 6.04 Å². The molecule has 1 aliphatic rings. The van der Waals surface area contributed by atoms with Gasteiger partial charge in [0.25, 0.3) is 0 Å². The van der Waals surface area contributed by atoms with E-state index >= 15 is 0 Å². The van der Waals surface area contributed by atoms with Crippen LogP contribution in [0.1, 0.15) is 39.5 Å². The van der Waals surface area contributed by atoms with Crippen LogP contribution in [0.3, 0.4) is 0 Å². The molecule has 0 radical (unpaired) electrons. The summed E-state index contributed by atoms with van der Waals surface area (Å²) in [5.74, 6) is 0.699. The SMILES string of the molecule is C[C@H](Sc1nc2ccccc2[nH]1)C(=O)N[C@H]1CCCC[C@@H]1C. The van der Waals surface area contributed by atoms with Gasteiger partial charge in [0.15, 0.2) is 5.16 Å². The third-order valence-corrected chi connectivity index (χ3v) is 5.45. The summed E-state index contributed by atoms with van der Waals surface area (Å²) in [6.07, 6.45) is 4.84. The van der Waals surface area contributed by atoms with Gasteiger partial charge in [-0.1, -0.05) is 43.7 Å². The number of hydrogen-bond donors (Lipinski definition) is 2. The van der Waals surface area contributed by atoms with Gasteiger partial charge in [-0.3, -0.25) is 4.79 Å². The zero-order valence-corrected chi connectivity index (χ0v) is 14.0. The normalized spacial score (nSPS) is 23.4. The fourth-order valence-corrected chi connectivity index (χ4v) is 3.87. The van der Waals surface area contributed by atoms with Crippen molar-refractivity contribution in [3.8, 4) is 0 Å². The molecule has 1 heterocycles. The molecular formula is C17H23N3OS. The van der Waals surface area contributed by atoms with E-state index in [2.05, 4.69) is 22.2 Å². The monoisotopic (exact) mass is 317 g/mol. The second-order valence-corrected chi connectivity index (χ2v) is 7.53. The van der Waals surface area contributed by atoms with E-state index in [0.717, 1.165) is 22.6 Å². The molecule has 1 aliphatic carbocycles. The predicted octanol–water partition coefficient (Wildman–Crippen LogP) is 3.74.